The molecular formula is C12H21N5OS. The van der Waals surface area contributed by atoms with Crippen LogP contribution in [0.15, 0.2) is 0 Å². The van der Waals surface area contributed by atoms with Crippen molar-refractivity contribution in [1.29, 1.82) is 0 Å². The van der Waals surface area contributed by atoms with Crippen molar-refractivity contribution < 1.29 is 4.79 Å². The van der Waals surface area contributed by atoms with Gasteiger partial charge in [0.05, 0.1) is 6.54 Å². The summed E-state index contributed by atoms with van der Waals surface area (Å²) < 4.78 is 0. The third kappa shape index (κ3) is 4.12. The molecule has 0 aromatic carbocycles. The highest BCUT2D eigenvalue weighted by Gasteiger charge is 2.23. The molecular weight excluding hydrogens is 262 g/mol. The van der Waals surface area contributed by atoms with E-state index in [-0.39, 0.29) is 6.03 Å². The summed E-state index contributed by atoms with van der Waals surface area (Å²) in [5, 5.41) is 9.65. The van der Waals surface area contributed by atoms with Crippen molar-refractivity contribution >= 4 is 17.8 Å². The van der Waals surface area contributed by atoms with Crippen LogP contribution in [0.2, 0.25) is 0 Å². The monoisotopic (exact) mass is 283 g/mol. The van der Waals surface area contributed by atoms with Gasteiger partial charge in [-0.1, -0.05) is 0 Å². The van der Waals surface area contributed by atoms with Gasteiger partial charge in [-0.05, 0) is 37.7 Å². The maximum atomic E-state index is 12.1. The minimum absolute atomic E-state index is 0.00624. The molecule has 2 N–H and O–H groups in total. The first-order valence-corrected chi connectivity index (χ1v) is 7.98. The summed E-state index contributed by atoms with van der Waals surface area (Å²) >= 11 is 1.85. The third-order valence-corrected chi connectivity index (χ3v) is 4.05. The minimum Gasteiger partial charge on any atom is -0.331 e. The van der Waals surface area contributed by atoms with E-state index in [9.17, 15) is 4.79 Å². The standard InChI is InChI=1S/C12H21N5OS/c1-9-14-11(16-15-9)6-13-12(18)17-5-3-4-10(7-17)8-19-2/h10H,3-8H2,1-2H3,(H,13,18)(H,14,15,16)/t10-/m0/s1. The van der Waals surface area contributed by atoms with Gasteiger partial charge in [0.15, 0.2) is 5.82 Å². The average molecular weight is 283 g/mol. The summed E-state index contributed by atoms with van der Waals surface area (Å²) in [5.41, 5.74) is 0. The van der Waals surface area contributed by atoms with E-state index in [1.807, 2.05) is 23.6 Å². The van der Waals surface area contributed by atoms with Gasteiger partial charge in [0.2, 0.25) is 0 Å². The lowest BCUT2D eigenvalue weighted by atomic mass is 10.0. The number of carbonyl (C=O) groups is 1. The van der Waals surface area contributed by atoms with Crippen LogP contribution in [0.1, 0.15) is 24.5 Å². The van der Waals surface area contributed by atoms with Crippen molar-refractivity contribution in [2.45, 2.75) is 26.3 Å². The molecule has 1 aliphatic heterocycles. The SMILES string of the molecule is CSC[C@H]1CCCN(C(=O)NCc2n[nH]c(C)n2)C1. The number of nitrogens with one attached hydrogen (secondary N) is 2. The Kier molecular flexibility index (Phi) is 5.07. The third-order valence-electron chi connectivity index (χ3n) is 3.25. The first-order valence-electron chi connectivity index (χ1n) is 6.58. The van der Waals surface area contributed by atoms with E-state index < -0.39 is 0 Å². The summed E-state index contributed by atoms with van der Waals surface area (Å²) in [6.45, 7) is 3.94. The zero-order valence-electron chi connectivity index (χ0n) is 11.5. The van der Waals surface area contributed by atoms with Gasteiger partial charge in [-0.25, -0.2) is 9.78 Å². The smallest absolute Gasteiger partial charge is 0.317 e. The molecule has 1 fully saturated rings. The molecule has 0 aliphatic carbocycles. The number of H-pyrrole nitrogens is 1. The summed E-state index contributed by atoms with van der Waals surface area (Å²) in [6, 6.07) is -0.00624. The highest BCUT2D eigenvalue weighted by Crippen LogP contribution is 2.19. The number of urea groups is 1. The molecule has 6 nitrogen and oxygen atoms in total. The first kappa shape index (κ1) is 14.2. The second kappa shape index (κ2) is 6.79. The molecule has 0 radical (unpaired) electrons. The van der Waals surface area contributed by atoms with Crippen molar-refractivity contribution in [3.05, 3.63) is 11.6 Å². The van der Waals surface area contributed by atoms with Crippen molar-refractivity contribution in [1.82, 2.24) is 25.4 Å². The van der Waals surface area contributed by atoms with Crippen LogP contribution in [0.3, 0.4) is 0 Å². The van der Waals surface area contributed by atoms with Crippen molar-refractivity contribution in [2.75, 3.05) is 25.1 Å². The lowest BCUT2D eigenvalue weighted by Crippen LogP contribution is -2.45. The van der Waals surface area contributed by atoms with Crippen LogP contribution in [-0.2, 0) is 6.54 Å². The van der Waals surface area contributed by atoms with Crippen LogP contribution < -0.4 is 5.32 Å². The topological polar surface area (TPSA) is 73.9 Å². The Labute approximate surface area is 117 Å². The van der Waals surface area contributed by atoms with Crippen LogP contribution in [0.25, 0.3) is 0 Å². The number of carbonyl (C=O) groups excluding carboxylic acids is 1. The molecule has 0 spiro atoms. The van der Waals surface area contributed by atoms with E-state index in [1.54, 1.807) is 0 Å². The predicted octanol–water partition coefficient (Wildman–Crippen LogP) is 1.40. The fourth-order valence-corrected chi connectivity index (χ4v) is 3.10. The predicted molar refractivity (Wildman–Crippen MR) is 76.0 cm³/mol. The lowest BCUT2D eigenvalue weighted by Gasteiger charge is -2.32. The Morgan fingerprint density at radius 3 is 3.16 bits per heavy atom. The van der Waals surface area contributed by atoms with E-state index in [1.165, 1.54) is 6.42 Å². The highest BCUT2D eigenvalue weighted by atomic mass is 32.2. The van der Waals surface area contributed by atoms with Gasteiger partial charge in [0.1, 0.15) is 5.82 Å². The molecule has 1 aromatic heterocycles. The summed E-state index contributed by atoms with van der Waals surface area (Å²) in [7, 11) is 0. The average Bonchev–Trinajstić information content (AvgIpc) is 2.82. The minimum atomic E-state index is -0.00624. The fraction of sp³-hybridized carbons (Fsp3) is 0.750. The zero-order valence-corrected chi connectivity index (χ0v) is 12.3. The number of piperidine rings is 1. The van der Waals surface area contributed by atoms with Crippen molar-refractivity contribution in [3.63, 3.8) is 0 Å². The summed E-state index contributed by atoms with van der Waals surface area (Å²) in [6.07, 6.45) is 4.44. The summed E-state index contributed by atoms with van der Waals surface area (Å²) in [5.74, 6) is 3.15. The second-order valence-corrected chi connectivity index (χ2v) is 5.82. The van der Waals surface area contributed by atoms with Gasteiger partial charge in [0, 0.05) is 13.1 Å². The Morgan fingerprint density at radius 2 is 2.47 bits per heavy atom. The van der Waals surface area contributed by atoms with Crippen molar-refractivity contribution in [3.8, 4) is 0 Å². The Balaban J connectivity index is 1.79. The van der Waals surface area contributed by atoms with Crippen molar-refractivity contribution in [2.24, 2.45) is 5.92 Å². The molecule has 1 saturated heterocycles. The second-order valence-electron chi connectivity index (χ2n) is 4.91. The zero-order chi connectivity index (χ0) is 13.7. The first-order chi connectivity index (χ1) is 9.19. The van der Waals surface area contributed by atoms with Crippen LogP contribution in [0, 0.1) is 12.8 Å². The molecule has 0 bridgehead atoms. The van der Waals surface area contributed by atoms with E-state index in [0.29, 0.717) is 18.3 Å². The molecule has 1 aliphatic rings. The van der Waals surface area contributed by atoms with Gasteiger partial charge in [-0.3, -0.25) is 5.10 Å². The normalized spacial score (nSPS) is 19.5. The number of hydrogen-bond acceptors (Lipinski definition) is 4. The van der Waals surface area contributed by atoms with Crippen LogP contribution >= 0.6 is 11.8 Å². The number of likely N-dealkylation sites (tertiary alicyclic amines) is 1. The van der Waals surface area contributed by atoms with Crippen LogP contribution in [0.5, 0.6) is 0 Å². The number of amides is 2. The molecule has 7 heteroatoms. The molecule has 19 heavy (non-hydrogen) atoms. The largest absolute Gasteiger partial charge is 0.331 e. The Hall–Kier alpha value is -1.24. The molecule has 0 saturated carbocycles. The van der Waals surface area contributed by atoms with E-state index in [0.717, 1.165) is 31.1 Å². The number of rotatable bonds is 4. The number of aromatic amines is 1. The Morgan fingerprint density at radius 1 is 1.63 bits per heavy atom. The number of hydrogen-bond donors (Lipinski definition) is 2. The Bertz CT molecular complexity index is 420. The van der Waals surface area contributed by atoms with Gasteiger partial charge >= 0.3 is 6.03 Å². The fourth-order valence-electron chi connectivity index (χ4n) is 2.36. The number of nitrogens with zero attached hydrogens (tertiary/aromatic N) is 3. The van der Waals surface area contributed by atoms with Crippen LogP contribution in [-0.4, -0.2) is 51.2 Å². The van der Waals surface area contributed by atoms with Gasteiger partial charge in [-0.2, -0.15) is 16.9 Å². The van der Waals surface area contributed by atoms with Gasteiger partial charge < -0.3 is 10.2 Å². The lowest BCUT2D eigenvalue weighted by molar-refractivity contribution is 0.170. The number of aryl methyl sites for hydroxylation is 1. The van der Waals surface area contributed by atoms with E-state index in [4.69, 9.17) is 0 Å². The molecule has 106 valence electrons. The van der Waals surface area contributed by atoms with Crippen LogP contribution in [0.4, 0.5) is 4.79 Å². The summed E-state index contributed by atoms with van der Waals surface area (Å²) in [4.78, 5) is 18.1. The molecule has 2 amide bonds. The molecule has 2 rings (SSSR count). The number of thioether (sulfide) groups is 1. The molecule has 1 aromatic rings. The number of aromatic nitrogens is 3. The highest BCUT2D eigenvalue weighted by molar-refractivity contribution is 7.98. The quantitative estimate of drug-likeness (QED) is 0.876. The molecule has 2 heterocycles. The molecule has 1 atom stereocenters. The van der Waals surface area contributed by atoms with Gasteiger partial charge in [0.25, 0.3) is 0 Å². The van der Waals surface area contributed by atoms with E-state index in [2.05, 4.69) is 26.8 Å². The molecule has 0 unspecified atom stereocenters. The maximum absolute atomic E-state index is 12.1. The van der Waals surface area contributed by atoms with E-state index >= 15 is 0 Å². The van der Waals surface area contributed by atoms with Gasteiger partial charge in [-0.15, -0.1) is 0 Å². The maximum Gasteiger partial charge on any atom is 0.317 e.